The van der Waals surface area contributed by atoms with Crippen LogP contribution < -0.4 is 5.32 Å². The van der Waals surface area contributed by atoms with Gasteiger partial charge in [0.05, 0.1) is 0 Å². The number of thioether (sulfide) groups is 1. The van der Waals surface area contributed by atoms with Gasteiger partial charge in [-0.3, -0.25) is 0 Å². The van der Waals surface area contributed by atoms with Gasteiger partial charge in [-0.05, 0) is 55.1 Å². The van der Waals surface area contributed by atoms with Crippen LogP contribution in [0.3, 0.4) is 0 Å². The highest BCUT2D eigenvalue weighted by Crippen LogP contribution is 2.39. The molecule has 1 N–H and O–H groups in total. The van der Waals surface area contributed by atoms with Crippen LogP contribution in [0.15, 0.2) is 24.3 Å². The molecule has 2 fully saturated rings. The maximum Gasteiger partial charge on any atom is 0.123 e. The molecule has 1 nitrogen and oxygen atoms in total. The predicted octanol–water partition coefficient (Wildman–Crippen LogP) is 4.34. The third-order valence-electron chi connectivity index (χ3n) is 4.74. The van der Waals surface area contributed by atoms with Gasteiger partial charge in [0.1, 0.15) is 5.82 Å². The molecule has 0 heterocycles. The van der Waals surface area contributed by atoms with Crippen molar-refractivity contribution in [3.63, 3.8) is 0 Å². The molecule has 0 spiro atoms. The van der Waals surface area contributed by atoms with Crippen LogP contribution in [0.1, 0.15) is 50.5 Å². The number of benzene rings is 1. The Kier molecular flexibility index (Phi) is 4.67. The Balaban J connectivity index is 1.48. The molecule has 0 radical (unpaired) electrons. The monoisotopic (exact) mass is 293 g/mol. The lowest BCUT2D eigenvalue weighted by atomic mass is 9.75. The minimum Gasteiger partial charge on any atom is -0.310 e. The van der Waals surface area contributed by atoms with Gasteiger partial charge in [0.25, 0.3) is 0 Å². The van der Waals surface area contributed by atoms with Crippen LogP contribution in [-0.2, 0) is 0 Å². The third-order valence-corrected chi connectivity index (χ3v) is 6.07. The van der Waals surface area contributed by atoms with Gasteiger partial charge in [0, 0.05) is 17.3 Å². The maximum atomic E-state index is 13.2. The van der Waals surface area contributed by atoms with Crippen LogP contribution in [0.25, 0.3) is 0 Å². The SMILES string of the molecule is CCSC1CCCC1NC1CC(c2cccc(F)c2)C1. The standard InChI is InChI=1S/C17H24FNS/c1-2-20-17-8-4-7-16(17)19-15-10-13(11-15)12-5-3-6-14(18)9-12/h3,5-6,9,13,15-17,19H,2,4,7-8,10-11H2,1H3. The van der Waals surface area contributed by atoms with E-state index in [4.69, 9.17) is 0 Å². The van der Waals surface area contributed by atoms with Crippen LogP contribution in [0.5, 0.6) is 0 Å². The Morgan fingerprint density at radius 1 is 1.30 bits per heavy atom. The van der Waals surface area contributed by atoms with Crippen molar-refractivity contribution in [2.45, 2.75) is 62.3 Å². The van der Waals surface area contributed by atoms with E-state index in [2.05, 4.69) is 30.1 Å². The van der Waals surface area contributed by atoms with E-state index in [0.29, 0.717) is 18.0 Å². The zero-order chi connectivity index (χ0) is 13.9. The summed E-state index contributed by atoms with van der Waals surface area (Å²) in [4.78, 5) is 0. The maximum absolute atomic E-state index is 13.2. The molecule has 2 saturated carbocycles. The second-order valence-electron chi connectivity index (χ2n) is 6.12. The molecule has 0 saturated heterocycles. The van der Waals surface area contributed by atoms with E-state index in [9.17, 15) is 4.39 Å². The molecular formula is C17H24FNS. The highest BCUT2D eigenvalue weighted by atomic mass is 32.2. The van der Waals surface area contributed by atoms with E-state index in [1.54, 1.807) is 6.07 Å². The second-order valence-corrected chi connectivity index (χ2v) is 7.63. The zero-order valence-corrected chi connectivity index (χ0v) is 13.0. The van der Waals surface area contributed by atoms with Crippen molar-refractivity contribution in [1.82, 2.24) is 5.32 Å². The summed E-state index contributed by atoms with van der Waals surface area (Å²) in [5.74, 6) is 1.68. The highest BCUT2D eigenvalue weighted by molar-refractivity contribution is 7.99. The van der Waals surface area contributed by atoms with E-state index < -0.39 is 0 Å². The fraction of sp³-hybridized carbons (Fsp3) is 0.647. The normalized spacial score (nSPS) is 33.1. The number of halogens is 1. The van der Waals surface area contributed by atoms with Crippen molar-refractivity contribution >= 4 is 11.8 Å². The largest absolute Gasteiger partial charge is 0.310 e. The summed E-state index contributed by atoms with van der Waals surface area (Å²) >= 11 is 2.11. The lowest BCUT2D eigenvalue weighted by molar-refractivity contribution is 0.266. The van der Waals surface area contributed by atoms with Crippen LogP contribution in [0.2, 0.25) is 0 Å². The summed E-state index contributed by atoms with van der Waals surface area (Å²) in [5, 5.41) is 4.66. The first-order chi connectivity index (χ1) is 9.76. The first-order valence-corrected chi connectivity index (χ1v) is 8.94. The van der Waals surface area contributed by atoms with E-state index >= 15 is 0 Å². The lowest BCUT2D eigenvalue weighted by Crippen LogP contribution is -2.47. The van der Waals surface area contributed by atoms with Crippen LogP contribution >= 0.6 is 11.8 Å². The Morgan fingerprint density at radius 2 is 2.15 bits per heavy atom. The quantitative estimate of drug-likeness (QED) is 0.867. The van der Waals surface area contributed by atoms with Gasteiger partial charge < -0.3 is 5.32 Å². The number of nitrogens with one attached hydrogen (secondary N) is 1. The molecule has 1 aromatic rings. The number of hydrogen-bond acceptors (Lipinski definition) is 2. The minimum atomic E-state index is -0.103. The van der Waals surface area contributed by atoms with E-state index in [1.165, 1.54) is 49.5 Å². The topological polar surface area (TPSA) is 12.0 Å². The van der Waals surface area contributed by atoms with E-state index in [-0.39, 0.29) is 5.82 Å². The smallest absolute Gasteiger partial charge is 0.123 e. The predicted molar refractivity (Wildman–Crippen MR) is 84.9 cm³/mol. The average molecular weight is 293 g/mol. The molecule has 2 aliphatic carbocycles. The minimum absolute atomic E-state index is 0.103. The summed E-state index contributed by atoms with van der Waals surface area (Å²) in [6.07, 6.45) is 6.41. The molecule has 0 aliphatic heterocycles. The van der Waals surface area contributed by atoms with E-state index in [0.717, 1.165) is 5.25 Å². The molecule has 0 bridgehead atoms. The summed E-state index contributed by atoms with van der Waals surface area (Å²) in [6.45, 7) is 2.25. The van der Waals surface area contributed by atoms with Crippen molar-refractivity contribution in [3.05, 3.63) is 35.6 Å². The molecule has 0 aromatic heterocycles. The van der Waals surface area contributed by atoms with Gasteiger partial charge >= 0.3 is 0 Å². The highest BCUT2D eigenvalue weighted by Gasteiger charge is 2.35. The molecule has 110 valence electrons. The fourth-order valence-corrected chi connectivity index (χ4v) is 4.83. The average Bonchev–Trinajstić information content (AvgIpc) is 2.81. The van der Waals surface area contributed by atoms with Crippen LogP contribution in [0, 0.1) is 5.82 Å². The number of hydrogen-bond donors (Lipinski definition) is 1. The Bertz CT molecular complexity index is 444. The molecule has 2 atom stereocenters. The summed E-state index contributed by atoms with van der Waals surface area (Å²) in [6, 6.07) is 8.48. The second kappa shape index (κ2) is 6.48. The Labute approximate surface area is 125 Å². The Hall–Kier alpha value is -0.540. The fourth-order valence-electron chi connectivity index (χ4n) is 3.62. The summed E-state index contributed by atoms with van der Waals surface area (Å²) in [5.41, 5.74) is 1.17. The Morgan fingerprint density at radius 3 is 2.90 bits per heavy atom. The zero-order valence-electron chi connectivity index (χ0n) is 12.1. The van der Waals surface area contributed by atoms with Crippen molar-refractivity contribution in [2.75, 3.05) is 5.75 Å². The van der Waals surface area contributed by atoms with Crippen LogP contribution in [0.4, 0.5) is 4.39 Å². The molecular weight excluding hydrogens is 269 g/mol. The molecule has 20 heavy (non-hydrogen) atoms. The molecule has 3 rings (SSSR count). The van der Waals surface area contributed by atoms with Crippen molar-refractivity contribution in [1.29, 1.82) is 0 Å². The van der Waals surface area contributed by atoms with Crippen molar-refractivity contribution in [2.24, 2.45) is 0 Å². The van der Waals surface area contributed by atoms with Crippen LogP contribution in [-0.4, -0.2) is 23.1 Å². The summed E-state index contributed by atoms with van der Waals surface area (Å²) in [7, 11) is 0. The van der Waals surface area contributed by atoms with Gasteiger partial charge in [0.2, 0.25) is 0 Å². The molecule has 3 heteroatoms. The third kappa shape index (κ3) is 3.20. The van der Waals surface area contributed by atoms with Gasteiger partial charge in [-0.15, -0.1) is 0 Å². The molecule has 0 amide bonds. The van der Waals surface area contributed by atoms with Gasteiger partial charge in [-0.25, -0.2) is 4.39 Å². The van der Waals surface area contributed by atoms with Gasteiger partial charge in [-0.2, -0.15) is 11.8 Å². The first-order valence-electron chi connectivity index (χ1n) is 7.89. The molecule has 2 unspecified atom stereocenters. The lowest BCUT2D eigenvalue weighted by Gasteiger charge is -2.39. The molecule has 2 aliphatic rings. The van der Waals surface area contributed by atoms with Crippen molar-refractivity contribution in [3.8, 4) is 0 Å². The molecule has 1 aromatic carbocycles. The van der Waals surface area contributed by atoms with E-state index in [1.807, 2.05) is 6.07 Å². The van der Waals surface area contributed by atoms with Gasteiger partial charge in [0.15, 0.2) is 0 Å². The van der Waals surface area contributed by atoms with Gasteiger partial charge in [-0.1, -0.05) is 25.5 Å². The summed E-state index contributed by atoms with van der Waals surface area (Å²) < 4.78 is 13.2. The van der Waals surface area contributed by atoms with Crippen molar-refractivity contribution < 1.29 is 4.39 Å². The first kappa shape index (κ1) is 14.4. The number of rotatable bonds is 5.